The average molecular weight is 364 g/mol. The third-order valence-corrected chi connectivity index (χ3v) is 4.61. The van der Waals surface area contributed by atoms with Crippen LogP contribution in [0.4, 0.5) is 5.69 Å². The molecule has 0 saturated heterocycles. The molecule has 1 amide bonds. The number of halogens is 1. The van der Waals surface area contributed by atoms with E-state index >= 15 is 0 Å². The van der Waals surface area contributed by atoms with Crippen LogP contribution >= 0.6 is 23.4 Å². The number of carbonyl (C=O) groups is 2. The lowest BCUT2D eigenvalue weighted by Gasteiger charge is -2.09. The first kappa shape index (κ1) is 18.4. The van der Waals surface area contributed by atoms with Gasteiger partial charge in [-0.3, -0.25) is 4.79 Å². The number of thioether (sulfide) groups is 1. The molecule has 1 N–H and O–H groups in total. The fourth-order valence-electron chi connectivity index (χ4n) is 2.01. The lowest BCUT2D eigenvalue weighted by atomic mass is 10.2. The number of hydrogen-bond acceptors (Lipinski definition) is 4. The van der Waals surface area contributed by atoms with Crippen molar-refractivity contribution in [2.24, 2.45) is 0 Å². The van der Waals surface area contributed by atoms with Crippen LogP contribution < -0.4 is 5.32 Å². The molecule has 0 aliphatic heterocycles. The summed E-state index contributed by atoms with van der Waals surface area (Å²) in [4.78, 5) is 23.6. The number of methoxy groups -OCH3 is 1. The first-order valence-corrected chi connectivity index (χ1v) is 8.93. The molecule has 2 rings (SSSR count). The summed E-state index contributed by atoms with van der Waals surface area (Å²) < 4.78 is 4.66. The van der Waals surface area contributed by atoms with Crippen LogP contribution in [0, 0.1) is 0 Å². The number of carbonyl (C=O) groups excluding carboxylic acids is 2. The highest BCUT2D eigenvalue weighted by Gasteiger charge is 2.11. The van der Waals surface area contributed by atoms with Gasteiger partial charge in [0.15, 0.2) is 0 Å². The molecule has 0 aliphatic carbocycles. The normalized spacial score (nSPS) is 10.2. The Labute approximate surface area is 150 Å². The van der Waals surface area contributed by atoms with Crippen molar-refractivity contribution in [3.8, 4) is 0 Å². The smallest absolute Gasteiger partial charge is 0.337 e. The number of ether oxygens (including phenoxy) is 1. The van der Waals surface area contributed by atoms with Gasteiger partial charge in [0, 0.05) is 17.9 Å². The van der Waals surface area contributed by atoms with Gasteiger partial charge in [0.2, 0.25) is 5.91 Å². The van der Waals surface area contributed by atoms with Gasteiger partial charge in [-0.15, -0.1) is 0 Å². The van der Waals surface area contributed by atoms with Gasteiger partial charge in [0.05, 0.1) is 23.4 Å². The van der Waals surface area contributed by atoms with Gasteiger partial charge in [-0.25, -0.2) is 4.79 Å². The standard InChI is InChI=1S/C18H18ClNO3S/c1-23-18(22)14-7-8-15(19)16(11-14)20-17(21)9-10-24-12-13-5-3-2-4-6-13/h2-8,11H,9-10,12H2,1H3,(H,20,21). The zero-order chi connectivity index (χ0) is 17.4. The van der Waals surface area contributed by atoms with Crippen LogP contribution in [0.25, 0.3) is 0 Å². The number of esters is 1. The molecule has 0 aromatic heterocycles. The third-order valence-electron chi connectivity index (χ3n) is 3.25. The molecule has 0 atom stereocenters. The fraction of sp³-hybridized carbons (Fsp3) is 0.222. The van der Waals surface area contributed by atoms with Crippen LogP contribution in [0.5, 0.6) is 0 Å². The molecule has 0 spiro atoms. The lowest BCUT2D eigenvalue weighted by molar-refractivity contribution is -0.115. The van der Waals surface area contributed by atoms with Gasteiger partial charge in [0.1, 0.15) is 0 Å². The van der Waals surface area contributed by atoms with Crippen molar-refractivity contribution in [3.63, 3.8) is 0 Å². The van der Waals surface area contributed by atoms with Crippen molar-refractivity contribution in [3.05, 3.63) is 64.7 Å². The Balaban J connectivity index is 1.82. The second kappa shape index (κ2) is 9.35. The number of nitrogens with one attached hydrogen (secondary N) is 1. The van der Waals surface area contributed by atoms with Crippen LogP contribution in [-0.2, 0) is 15.3 Å². The Kier molecular flexibility index (Phi) is 7.15. The van der Waals surface area contributed by atoms with Gasteiger partial charge in [-0.05, 0) is 23.8 Å². The summed E-state index contributed by atoms with van der Waals surface area (Å²) in [5, 5.41) is 3.12. The number of anilines is 1. The number of amides is 1. The first-order chi connectivity index (χ1) is 11.6. The van der Waals surface area contributed by atoms with Crippen molar-refractivity contribution in [1.29, 1.82) is 0 Å². The monoisotopic (exact) mass is 363 g/mol. The zero-order valence-electron chi connectivity index (χ0n) is 13.3. The molecule has 0 heterocycles. The minimum atomic E-state index is -0.472. The maximum atomic E-state index is 12.0. The molecule has 0 aliphatic rings. The van der Waals surface area contributed by atoms with Crippen LogP contribution in [0.1, 0.15) is 22.3 Å². The minimum absolute atomic E-state index is 0.139. The summed E-state index contributed by atoms with van der Waals surface area (Å²) in [5.41, 5.74) is 1.99. The fourth-order valence-corrected chi connectivity index (χ4v) is 3.07. The Morgan fingerprint density at radius 1 is 1.17 bits per heavy atom. The van der Waals surface area contributed by atoms with Gasteiger partial charge >= 0.3 is 5.97 Å². The molecule has 0 radical (unpaired) electrons. The maximum absolute atomic E-state index is 12.0. The van der Waals surface area contributed by atoms with Crippen molar-refractivity contribution in [2.75, 3.05) is 18.2 Å². The van der Waals surface area contributed by atoms with E-state index < -0.39 is 5.97 Å². The van der Waals surface area contributed by atoms with E-state index in [4.69, 9.17) is 11.6 Å². The van der Waals surface area contributed by atoms with Crippen LogP contribution in [0.3, 0.4) is 0 Å². The minimum Gasteiger partial charge on any atom is -0.465 e. The Hall–Kier alpha value is -1.98. The summed E-state index contributed by atoms with van der Waals surface area (Å²) in [6, 6.07) is 14.7. The van der Waals surface area contributed by atoms with Crippen LogP contribution in [0.15, 0.2) is 48.5 Å². The summed E-state index contributed by atoms with van der Waals surface area (Å²) in [6.07, 6.45) is 0.371. The molecule has 6 heteroatoms. The summed E-state index contributed by atoms with van der Waals surface area (Å²) in [7, 11) is 1.30. The molecular weight excluding hydrogens is 346 g/mol. The number of rotatable bonds is 7. The Bertz CT molecular complexity index is 707. The SMILES string of the molecule is COC(=O)c1ccc(Cl)c(NC(=O)CCSCc2ccccc2)c1. The van der Waals surface area contributed by atoms with E-state index in [0.717, 1.165) is 5.75 Å². The molecule has 24 heavy (non-hydrogen) atoms. The van der Waals surface area contributed by atoms with Crippen molar-refractivity contribution < 1.29 is 14.3 Å². The maximum Gasteiger partial charge on any atom is 0.337 e. The van der Waals surface area contributed by atoms with E-state index in [1.54, 1.807) is 23.9 Å². The highest BCUT2D eigenvalue weighted by Crippen LogP contribution is 2.24. The summed E-state index contributed by atoms with van der Waals surface area (Å²) in [5.74, 6) is 0.960. The van der Waals surface area contributed by atoms with Crippen LogP contribution in [-0.4, -0.2) is 24.7 Å². The van der Waals surface area contributed by atoms with Crippen LogP contribution in [0.2, 0.25) is 5.02 Å². The number of benzene rings is 2. The van der Waals surface area contributed by atoms with E-state index in [0.29, 0.717) is 28.4 Å². The quantitative estimate of drug-likeness (QED) is 0.585. The topological polar surface area (TPSA) is 55.4 Å². The van der Waals surface area contributed by atoms with Gasteiger partial charge in [0.25, 0.3) is 0 Å². The molecule has 2 aromatic rings. The highest BCUT2D eigenvalue weighted by molar-refractivity contribution is 7.98. The van der Waals surface area contributed by atoms with Crippen molar-refractivity contribution >= 4 is 40.9 Å². The second-order valence-electron chi connectivity index (χ2n) is 5.02. The van der Waals surface area contributed by atoms with E-state index in [1.807, 2.05) is 18.2 Å². The third kappa shape index (κ3) is 5.58. The predicted octanol–water partition coefficient (Wildman–Crippen LogP) is 4.39. The molecule has 4 nitrogen and oxygen atoms in total. The van der Waals surface area contributed by atoms with Gasteiger partial charge in [-0.1, -0.05) is 41.9 Å². The van der Waals surface area contributed by atoms with E-state index in [9.17, 15) is 9.59 Å². The summed E-state index contributed by atoms with van der Waals surface area (Å²) >= 11 is 7.75. The second-order valence-corrected chi connectivity index (χ2v) is 6.53. The Morgan fingerprint density at radius 3 is 2.62 bits per heavy atom. The predicted molar refractivity (Wildman–Crippen MR) is 98.6 cm³/mol. The molecule has 0 fully saturated rings. The number of hydrogen-bond donors (Lipinski definition) is 1. The van der Waals surface area contributed by atoms with Gasteiger partial charge in [-0.2, -0.15) is 11.8 Å². The van der Waals surface area contributed by atoms with E-state index in [1.165, 1.54) is 18.7 Å². The zero-order valence-corrected chi connectivity index (χ0v) is 14.8. The van der Waals surface area contributed by atoms with Crippen molar-refractivity contribution in [1.82, 2.24) is 0 Å². The molecular formula is C18H18ClNO3S. The average Bonchev–Trinajstić information content (AvgIpc) is 2.61. The highest BCUT2D eigenvalue weighted by atomic mass is 35.5. The first-order valence-electron chi connectivity index (χ1n) is 7.39. The van der Waals surface area contributed by atoms with Gasteiger partial charge < -0.3 is 10.1 Å². The molecule has 0 bridgehead atoms. The largest absolute Gasteiger partial charge is 0.465 e. The lowest BCUT2D eigenvalue weighted by Crippen LogP contribution is -2.13. The Morgan fingerprint density at radius 2 is 1.92 bits per heavy atom. The van der Waals surface area contributed by atoms with E-state index in [2.05, 4.69) is 22.2 Å². The van der Waals surface area contributed by atoms with Crippen molar-refractivity contribution in [2.45, 2.75) is 12.2 Å². The molecule has 2 aromatic carbocycles. The molecule has 0 unspecified atom stereocenters. The van der Waals surface area contributed by atoms with E-state index in [-0.39, 0.29) is 5.91 Å². The molecule has 0 saturated carbocycles. The summed E-state index contributed by atoms with van der Waals surface area (Å²) in [6.45, 7) is 0. The molecule has 126 valence electrons.